The number of esters is 1. The van der Waals surface area contributed by atoms with Gasteiger partial charge in [-0.15, -0.1) is 0 Å². The number of amides is 1. The maximum atomic E-state index is 14.0. The van der Waals surface area contributed by atoms with Crippen LogP contribution in [0, 0.1) is 0 Å². The second-order valence-electron chi connectivity index (χ2n) is 11.4. The molecule has 0 spiro atoms. The monoisotopic (exact) mass is 736 g/mol. The van der Waals surface area contributed by atoms with Crippen LogP contribution in [0.25, 0.3) is 0 Å². The number of rotatable bonds is 11. The molecule has 4 rings (SSSR count). The maximum absolute atomic E-state index is 14.0. The number of hydrogen-bond acceptors (Lipinski definition) is 8. The van der Waals surface area contributed by atoms with Crippen LogP contribution in [0.3, 0.4) is 0 Å². The van der Waals surface area contributed by atoms with Gasteiger partial charge >= 0.3 is 30.6 Å². The summed E-state index contributed by atoms with van der Waals surface area (Å²) in [5.41, 5.74) is -4.89. The van der Waals surface area contributed by atoms with Crippen LogP contribution >= 0.6 is 0 Å². The molecule has 0 bridgehead atoms. The molecule has 0 aliphatic carbocycles. The van der Waals surface area contributed by atoms with Crippen LogP contribution < -0.4 is 14.5 Å². The molecule has 9 nitrogen and oxygen atoms in total. The molecule has 1 aliphatic rings. The van der Waals surface area contributed by atoms with Gasteiger partial charge in [-0.05, 0) is 73.7 Å². The first kappa shape index (κ1) is 39.0. The molecule has 1 aromatic heterocycles. The summed E-state index contributed by atoms with van der Waals surface area (Å²) >= 11 is 0. The number of halogens is 9. The molecule has 2 aromatic carbocycles. The normalized spacial score (nSPS) is 16.4. The number of alkyl halides is 9. The standard InChI is InChI=1S/C33H33F9N4O5/c1-4-23-15-27(25-14-20(31(34,35)36)8-9-26(25)46(23)30(48)50-5-2)45(29-43-16-24(17-44-29)51-10-6-7-28(47)49-3)18-19-11-21(32(37,38)39)13-22(12-19)33(40,41)42/h8-9,11-14,16-17,23,27H,4-7,10,15,18H2,1-3H3. The van der Waals surface area contributed by atoms with Crippen molar-refractivity contribution < 1.29 is 63.3 Å². The van der Waals surface area contributed by atoms with E-state index in [2.05, 4.69) is 14.7 Å². The Balaban J connectivity index is 1.88. The summed E-state index contributed by atoms with van der Waals surface area (Å²) < 4.78 is 140. The van der Waals surface area contributed by atoms with Crippen molar-refractivity contribution in [3.63, 3.8) is 0 Å². The molecule has 1 amide bonds. The van der Waals surface area contributed by atoms with Gasteiger partial charge in [0.15, 0.2) is 5.75 Å². The highest BCUT2D eigenvalue weighted by atomic mass is 19.4. The van der Waals surface area contributed by atoms with Gasteiger partial charge in [-0.1, -0.05) is 6.92 Å². The molecule has 51 heavy (non-hydrogen) atoms. The number of methoxy groups -OCH3 is 1. The fourth-order valence-corrected chi connectivity index (χ4v) is 5.66. The van der Waals surface area contributed by atoms with Crippen molar-refractivity contribution in [3.8, 4) is 5.75 Å². The van der Waals surface area contributed by atoms with Gasteiger partial charge in [-0.25, -0.2) is 14.8 Å². The van der Waals surface area contributed by atoms with E-state index in [1.165, 1.54) is 36.2 Å². The Labute approximate surface area is 286 Å². The predicted octanol–water partition coefficient (Wildman–Crippen LogP) is 8.76. The van der Waals surface area contributed by atoms with E-state index < -0.39 is 71.5 Å². The zero-order chi connectivity index (χ0) is 37.7. The first-order valence-electron chi connectivity index (χ1n) is 15.6. The van der Waals surface area contributed by atoms with Crippen molar-refractivity contribution in [1.82, 2.24) is 9.97 Å². The number of carbonyl (C=O) groups excluding carboxylic acids is 2. The van der Waals surface area contributed by atoms with Gasteiger partial charge in [0.2, 0.25) is 5.95 Å². The number of hydrogen-bond donors (Lipinski definition) is 0. The van der Waals surface area contributed by atoms with E-state index in [0.29, 0.717) is 12.1 Å². The van der Waals surface area contributed by atoms with Gasteiger partial charge in [0.1, 0.15) is 0 Å². The number of anilines is 2. The second-order valence-corrected chi connectivity index (χ2v) is 11.4. The molecule has 2 heterocycles. The van der Waals surface area contributed by atoms with Crippen LogP contribution in [0.1, 0.15) is 73.4 Å². The highest BCUT2D eigenvalue weighted by molar-refractivity contribution is 5.90. The lowest BCUT2D eigenvalue weighted by Gasteiger charge is -2.44. The second kappa shape index (κ2) is 15.6. The molecular weight excluding hydrogens is 703 g/mol. The van der Waals surface area contributed by atoms with Gasteiger partial charge in [-0.2, -0.15) is 39.5 Å². The Hall–Kier alpha value is -4.77. The minimum atomic E-state index is -5.17. The zero-order valence-electron chi connectivity index (χ0n) is 27.5. The summed E-state index contributed by atoms with van der Waals surface area (Å²) in [6.45, 7) is 2.49. The minimum Gasteiger partial charge on any atom is -0.490 e. The molecule has 0 fully saturated rings. The number of ether oxygens (including phenoxy) is 3. The van der Waals surface area contributed by atoms with Crippen molar-refractivity contribution >= 4 is 23.7 Å². The van der Waals surface area contributed by atoms with Crippen molar-refractivity contribution in [1.29, 1.82) is 0 Å². The van der Waals surface area contributed by atoms with E-state index >= 15 is 0 Å². The number of carbonyl (C=O) groups is 2. The highest BCUT2D eigenvalue weighted by Gasteiger charge is 2.42. The zero-order valence-corrected chi connectivity index (χ0v) is 27.5. The first-order chi connectivity index (χ1) is 23.9. The van der Waals surface area contributed by atoms with Gasteiger partial charge in [0.25, 0.3) is 0 Å². The summed E-state index contributed by atoms with van der Waals surface area (Å²) in [5.74, 6) is -0.654. The number of fused-ring (bicyclic) bond motifs is 1. The summed E-state index contributed by atoms with van der Waals surface area (Å²) in [5, 5.41) is 0. The lowest BCUT2D eigenvalue weighted by Crippen LogP contribution is -2.48. The van der Waals surface area contributed by atoms with Gasteiger partial charge in [-0.3, -0.25) is 9.69 Å². The van der Waals surface area contributed by atoms with Crippen molar-refractivity contribution in [3.05, 3.63) is 76.6 Å². The van der Waals surface area contributed by atoms with Crippen LogP contribution in [0.15, 0.2) is 48.8 Å². The molecule has 0 saturated carbocycles. The van der Waals surface area contributed by atoms with E-state index in [1.54, 1.807) is 6.92 Å². The average Bonchev–Trinajstić information content (AvgIpc) is 3.07. The van der Waals surface area contributed by atoms with Crippen molar-refractivity contribution in [2.75, 3.05) is 30.1 Å². The molecule has 0 N–H and O–H groups in total. The minimum absolute atomic E-state index is 0.000122. The van der Waals surface area contributed by atoms with E-state index in [-0.39, 0.29) is 67.9 Å². The average molecular weight is 737 g/mol. The summed E-state index contributed by atoms with van der Waals surface area (Å²) in [4.78, 5) is 35.3. The van der Waals surface area contributed by atoms with Crippen LogP contribution in [-0.4, -0.2) is 48.4 Å². The SMILES string of the molecule is CCOC(=O)N1c2ccc(C(F)(F)F)cc2C(N(Cc2cc(C(F)(F)F)cc(C(F)(F)F)c2)c2ncc(OCCCC(=O)OC)cn2)CC1CC. The topological polar surface area (TPSA) is 94.1 Å². The number of benzene rings is 2. The summed E-state index contributed by atoms with van der Waals surface area (Å²) in [6, 6.07) is 1.66. The molecule has 0 radical (unpaired) electrons. The third-order valence-corrected chi connectivity index (χ3v) is 8.04. The van der Waals surface area contributed by atoms with Gasteiger partial charge < -0.3 is 19.1 Å². The van der Waals surface area contributed by atoms with Crippen LogP contribution in [-0.2, 0) is 39.3 Å². The Kier molecular flexibility index (Phi) is 12.0. The fourth-order valence-electron chi connectivity index (χ4n) is 5.66. The molecular formula is C33H33F9N4O5. The quantitative estimate of drug-likeness (QED) is 0.110. The van der Waals surface area contributed by atoms with Gasteiger partial charge in [0, 0.05) is 19.0 Å². The van der Waals surface area contributed by atoms with Gasteiger partial charge in [0.05, 0.1) is 61.1 Å². The lowest BCUT2D eigenvalue weighted by atomic mass is 9.87. The van der Waals surface area contributed by atoms with Crippen molar-refractivity contribution in [2.24, 2.45) is 0 Å². The molecule has 2 unspecified atom stereocenters. The molecule has 278 valence electrons. The fraction of sp³-hybridized carbons (Fsp3) is 0.455. The molecule has 0 saturated heterocycles. The number of aromatic nitrogens is 2. The van der Waals surface area contributed by atoms with E-state index in [4.69, 9.17) is 9.47 Å². The molecule has 3 aromatic rings. The Morgan fingerprint density at radius 1 is 0.882 bits per heavy atom. The third kappa shape index (κ3) is 9.52. The third-order valence-electron chi connectivity index (χ3n) is 8.04. The van der Waals surface area contributed by atoms with Crippen molar-refractivity contribution in [2.45, 2.75) is 76.7 Å². The molecule has 2 atom stereocenters. The summed E-state index contributed by atoms with van der Waals surface area (Å²) in [6.07, 6.45) is -13.3. The van der Waals surface area contributed by atoms with Crippen LogP contribution in [0.5, 0.6) is 5.75 Å². The number of nitrogens with zero attached hydrogens (tertiary/aromatic N) is 4. The van der Waals surface area contributed by atoms with Crippen LogP contribution in [0.4, 0.5) is 55.9 Å². The van der Waals surface area contributed by atoms with Crippen LogP contribution in [0.2, 0.25) is 0 Å². The molecule has 18 heteroatoms. The van der Waals surface area contributed by atoms with E-state index in [1.807, 2.05) is 0 Å². The summed E-state index contributed by atoms with van der Waals surface area (Å²) in [7, 11) is 1.22. The Morgan fingerprint density at radius 3 is 2.02 bits per heavy atom. The smallest absolute Gasteiger partial charge is 0.416 e. The largest absolute Gasteiger partial charge is 0.490 e. The highest BCUT2D eigenvalue weighted by Crippen LogP contribution is 2.46. The predicted molar refractivity (Wildman–Crippen MR) is 164 cm³/mol. The first-order valence-corrected chi connectivity index (χ1v) is 15.6. The van der Waals surface area contributed by atoms with E-state index in [9.17, 15) is 49.1 Å². The lowest BCUT2D eigenvalue weighted by molar-refractivity contribution is -0.143. The van der Waals surface area contributed by atoms with E-state index in [0.717, 1.165) is 18.2 Å². The Bertz CT molecular complexity index is 1650. The Morgan fingerprint density at radius 2 is 1.49 bits per heavy atom. The molecule has 1 aliphatic heterocycles. The maximum Gasteiger partial charge on any atom is 0.416 e.